The fourth-order valence-electron chi connectivity index (χ4n) is 2.77. The van der Waals surface area contributed by atoms with Gasteiger partial charge in [-0.15, -0.1) is 0 Å². The molecule has 0 aromatic heterocycles. The van der Waals surface area contributed by atoms with E-state index in [4.69, 9.17) is 5.11 Å². The standard InChI is InChI=1S/C16H25FN2O2/c17-15-4-2-14(3-5-15)16(21)6-9-18-7-1-8-19(11-10-18)12-13-20/h2-5,16,20-21H,1,6-13H2. The molecule has 118 valence electrons. The minimum atomic E-state index is -0.539. The van der Waals surface area contributed by atoms with E-state index in [-0.39, 0.29) is 12.4 Å². The molecule has 0 bridgehead atoms. The first-order valence-corrected chi connectivity index (χ1v) is 7.68. The lowest BCUT2D eigenvalue weighted by Crippen LogP contribution is -2.33. The van der Waals surface area contributed by atoms with Crippen LogP contribution in [0.25, 0.3) is 0 Å². The van der Waals surface area contributed by atoms with Crippen molar-refractivity contribution in [2.45, 2.75) is 18.9 Å². The van der Waals surface area contributed by atoms with Gasteiger partial charge < -0.3 is 15.1 Å². The first-order valence-electron chi connectivity index (χ1n) is 7.68. The zero-order valence-corrected chi connectivity index (χ0v) is 12.4. The molecule has 0 saturated carbocycles. The first kappa shape index (κ1) is 16.4. The van der Waals surface area contributed by atoms with Crippen molar-refractivity contribution in [2.75, 3.05) is 45.9 Å². The van der Waals surface area contributed by atoms with Crippen LogP contribution in [0.5, 0.6) is 0 Å². The van der Waals surface area contributed by atoms with Gasteiger partial charge in [0.2, 0.25) is 0 Å². The maximum Gasteiger partial charge on any atom is 0.123 e. The molecule has 5 heteroatoms. The highest BCUT2D eigenvalue weighted by molar-refractivity contribution is 5.18. The van der Waals surface area contributed by atoms with Crippen LogP contribution in [0, 0.1) is 5.82 Å². The summed E-state index contributed by atoms with van der Waals surface area (Å²) in [4.78, 5) is 4.63. The average Bonchev–Trinajstić information content (AvgIpc) is 2.71. The minimum Gasteiger partial charge on any atom is -0.395 e. The monoisotopic (exact) mass is 296 g/mol. The zero-order chi connectivity index (χ0) is 15.1. The number of aliphatic hydroxyl groups is 2. The molecule has 0 amide bonds. The molecule has 21 heavy (non-hydrogen) atoms. The van der Waals surface area contributed by atoms with Gasteiger partial charge in [-0.3, -0.25) is 4.90 Å². The summed E-state index contributed by atoms with van der Waals surface area (Å²) in [6.07, 6.45) is 1.21. The van der Waals surface area contributed by atoms with Crippen molar-refractivity contribution in [3.05, 3.63) is 35.6 Å². The number of aliphatic hydroxyl groups excluding tert-OH is 2. The summed E-state index contributed by atoms with van der Waals surface area (Å²) in [5, 5.41) is 19.1. The number of rotatable bonds is 6. The second kappa shape index (κ2) is 8.44. The van der Waals surface area contributed by atoms with Crippen molar-refractivity contribution < 1.29 is 14.6 Å². The first-order chi connectivity index (χ1) is 10.2. The van der Waals surface area contributed by atoms with Gasteiger partial charge in [0.1, 0.15) is 5.82 Å². The fraction of sp³-hybridized carbons (Fsp3) is 0.625. The molecule has 0 spiro atoms. The molecular formula is C16H25FN2O2. The van der Waals surface area contributed by atoms with Crippen LogP contribution in [0.4, 0.5) is 4.39 Å². The van der Waals surface area contributed by atoms with E-state index in [1.54, 1.807) is 12.1 Å². The summed E-state index contributed by atoms with van der Waals surface area (Å²) in [6, 6.07) is 6.06. The number of halogens is 1. The third-order valence-corrected chi connectivity index (χ3v) is 4.07. The highest BCUT2D eigenvalue weighted by atomic mass is 19.1. The van der Waals surface area contributed by atoms with E-state index >= 15 is 0 Å². The molecule has 1 aromatic rings. The summed E-state index contributed by atoms with van der Waals surface area (Å²) in [6.45, 7) is 5.78. The second-order valence-electron chi connectivity index (χ2n) is 5.62. The van der Waals surface area contributed by atoms with Crippen molar-refractivity contribution in [1.29, 1.82) is 0 Å². The van der Waals surface area contributed by atoms with Gasteiger partial charge in [-0.25, -0.2) is 4.39 Å². The van der Waals surface area contributed by atoms with Crippen molar-refractivity contribution in [3.8, 4) is 0 Å². The third-order valence-electron chi connectivity index (χ3n) is 4.07. The SMILES string of the molecule is OCCN1CCCN(CCC(O)c2ccc(F)cc2)CC1. The summed E-state index contributed by atoms with van der Waals surface area (Å²) < 4.78 is 12.9. The van der Waals surface area contributed by atoms with Gasteiger partial charge >= 0.3 is 0 Å². The van der Waals surface area contributed by atoms with Crippen LogP contribution in [0.1, 0.15) is 24.5 Å². The molecule has 1 heterocycles. The molecule has 2 rings (SSSR count). The fourth-order valence-corrected chi connectivity index (χ4v) is 2.77. The molecule has 1 unspecified atom stereocenters. The Hall–Kier alpha value is -1.01. The van der Waals surface area contributed by atoms with Gasteiger partial charge in [-0.1, -0.05) is 12.1 Å². The Morgan fingerprint density at radius 2 is 1.62 bits per heavy atom. The van der Waals surface area contributed by atoms with Crippen LogP contribution in [0.3, 0.4) is 0 Å². The molecule has 1 fully saturated rings. The number of hydrogen-bond donors (Lipinski definition) is 2. The van der Waals surface area contributed by atoms with E-state index in [1.807, 2.05) is 0 Å². The number of hydrogen-bond acceptors (Lipinski definition) is 4. The quantitative estimate of drug-likeness (QED) is 0.829. The lowest BCUT2D eigenvalue weighted by Gasteiger charge is -2.22. The van der Waals surface area contributed by atoms with Gasteiger partial charge in [-0.2, -0.15) is 0 Å². The van der Waals surface area contributed by atoms with Gasteiger partial charge in [0.05, 0.1) is 12.7 Å². The Morgan fingerprint density at radius 1 is 1.00 bits per heavy atom. The van der Waals surface area contributed by atoms with Crippen LogP contribution < -0.4 is 0 Å². The van der Waals surface area contributed by atoms with E-state index in [0.717, 1.165) is 51.3 Å². The van der Waals surface area contributed by atoms with Gasteiger partial charge in [0.15, 0.2) is 0 Å². The topological polar surface area (TPSA) is 46.9 Å². The minimum absolute atomic E-state index is 0.212. The molecular weight excluding hydrogens is 271 g/mol. The van der Waals surface area contributed by atoms with Crippen LogP contribution in [-0.2, 0) is 0 Å². The van der Waals surface area contributed by atoms with Crippen LogP contribution in [0.15, 0.2) is 24.3 Å². The smallest absolute Gasteiger partial charge is 0.123 e. The highest BCUT2D eigenvalue weighted by Crippen LogP contribution is 2.17. The Kier molecular flexibility index (Phi) is 6.57. The Labute approximate surface area is 125 Å². The van der Waals surface area contributed by atoms with E-state index in [9.17, 15) is 9.50 Å². The zero-order valence-electron chi connectivity index (χ0n) is 12.4. The Bertz CT molecular complexity index is 413. The molecule has 4 nitrogen and oxygen atoms in total. The van der Waals surface area contributed by atoms with E-state index in [2.05, 4.69) is 9.80 Å². The molecule has 1 saturated heterocycles. The van der Waals surface area contributed by atoms with Crippen molar-refractivity contribution in [1.82, 2.24) is 9.80 Å². The normalized spacial score (nSPS) is 19.4. The van der Waals surface area contributed by atoms with E-state index in [1.165, 1.54) is 12.1 Å². The van der Waals surface area contributed by atoms with Crippen molar-refractivity contribution in [3.63, 3.8) is 0 Å². The number of β-amino-alcohol motifs (C(OH)–C–C–N with tert-alkyl or cyclic N) is 1. The molecule has 0 radical (unpaired) electrons. The Morgan fingerprint density at radius 3 is 2.24 bits per heavy atom. The van der Waals surface area contributed by atoms with E-state index in [0.29, 0.717) is 6.42 Å². The molecule has 0 aliphatic carbocycles. The molecule has 1 aliphatic heterocycles. The van der Waals surface area contributed by atoms with Gasteiger partial charge in [0.25, 0.3) is 0 Å². The van der Waals surface area contributed by atoms with Crippen molar-refractivity contribution in [2.24, 2.45) is 0 Å². The predicted molar refractivity (Wildman–Crippen MR) is 80.6 cm³/mol. The number of benzene rings is 1. The Balaban J connectivity index is 1.76. The third kappa shape index (κ3) is 5.36. The van der Waals surface area contributed by atoms with Crippen LogP contribution in [-0.4, -0.2) is 65.9 Å². The second-order valence-corrected chi connectivity index (χ2v) is 5.62. The molecule has 1 aromatic carbocycles. The summed E-state index contributed by atoms with van der Waals surface area (Å²) in [5.74, 6) is -0.276. The summed E-state index contributed by atoms with van der Waals surface area (Å²) in [5.41, 5.74) is 0.771. The molecule has 1 atom stereocenters. The lowest BCUT2D eigenvalue weighted by molar-refractivity contribution is 0.141. The predicted octanol–water partition coefficient (Wildman–Crippen LogP) is 1.25. The summed E-state index contributed by atoms with van der Waals surface area (Å²) >= 11 is 0. The van der Waals surface area contributed by atoms with Gasteiger partial charge in [0, 0.05) is 26.2 Å². The summed E-state index contributed by atoms with van der Waals surface area (Å²) in [7, 11) is 0. The molecule has 1 aliphatic rings. The maximum absolute atomic E-state index is 12.9. The highest BCUT2D eigenvalue weighted by Gasteiger charge is 2.16. The van der Waals surface area contributed by atoms with Gasteiger partial charge in [-0.05, 0) is 43.6 Å². The number of nitrogens with zero attached hydrogens (tertiary/aromatic N) is 2. The molecule has 2 N–H and O–H groups in total. The largest absolute Gasteiger partial charge is 0.395 e. The lowest BCUT2D eigenvalue weighted by atomic mass is 10.1. The van der Waals surface area contributed by atoms with Crippen LogP contribution >= 0.6 is 0 Å². The van der Waals surface area contributed by atoms with E-state index < -0.39 is 6.10 Å². The van der Waals surface area contributed by atoms with Crippen LogP contribution in [0.2, 0.25) is 0 Å². The van der Waals surface area contributed by atoms with Crippen molar-refractivity contribution >= 4 is 0 Å². The maximum atomic E-state index is 12.9. The average molecular weight is 296 g/mol.